The molecule has 0 spiro atoms. The zero-order valence-electron chi connectivity index (χ0n) is 5.79. The molecule has 1 rings (SSSR count). The van der Waals surface area contributed by atoms with E-state index in [2.05, 4.69) is 4.98 Å². The minimum Gasteiger partial charge on any atom is -0.284 e. The Balaban J connectivity index is 3.29. The number of aromatic nitrogens is 2. The Morgan fingerprint density at radius 3 is 2.92 bits per heavy atom. The zero-order valence-corrected chi connectivity index (χ0v) is 7.30. The first-order valence-corrected chi connectivity index (χ1v) is 3.70. The van der Waals surface area contributed by atoms with E-state index < -0.39 is 5.56 Å². The molecule has 12 heavy (non-hydrogen) atoms. The van der Waals surface area contributed by atoms with Crippen LogP contribution in [0.25, 0.3) is 0 Å². The lowest BCUT2D eigenvalue weighted by Gasteiger charge is -1.99. The second-order valence-corrected chi connectivity index (χ2v) is 2.68. The van der Waals surface area contributed by atoms with Gasteiger partial charge in [0.05, 0.1) is 6.07 Å². The summed E-state index contributed by atoms with van der Waals surface area (Å²) in [7, 11) is 0. The maximum Gasteiger partial charge on any atom is 0.274 e. The van der Waals surface area contributed by atoms with E-state index in [1.54, 1.807) is 6.07 Å². The fourth-order valence-electron chi connectivity index (χ4n) is 0.633. The Bertz CT molecular complexity index is 393. The van der Waals surface area contributed by atoms with Crippen molar-refractivity contribution in [3.8, 4) is 6.07 Å². The quantitative estimate of drug-likeness (QED) is 0.643. The smallest absolute Gasteiger partial charge is 0.274 e. The minimum atomic E-state index is -0.502. The van der Waals surface area contributed by atoms with Gasteiger partial charge in [0.15, 0.2) is 5.15 Å². The van der Waals surface area contributed by atoms with Crippen molar-refractivity contribution >= 4 is 23.2 Å². The normalized spacial score (nSPS) is 9.42. The van der Waals surface area contributed by atoms with Crippen LogP contribution in [0.2, 0.25) is 10.2 Å². The van der Waals surface area contributed by atoms with E-state index in [1.165, 1.54) is 6.33 Å². The molecule has 0 saturated heterocycles. The van der Waals surface area contributed by atoms with Gasteiger partial charge in [0.25, 0.3) is 5.56 Å². The molecule has 0 aliphatic carbocycles. The van der Waals surface area contributed by atoms with Gasteiger partial charge in [-0.1, -0.05) is 23.2 Å². The topological polar surface area (TPSA) is 58.7 Å². The summed E-state index contributed by atoms with van der Waals surface area (Å²) < 4.78 is 1.08. The predicted octanol–water partition coefficient (Wildman–Crippen LogP) is 1.07. The summed E-state index contributed by atoms with van der Waals surface area (Å²) in [5, 5.41) is 8.09. The van der Waals surface area contributed by atoms with Crippen LogP contribution in [0.5, 0.6) is 0 Å². The number of nitriles is 1. The van der Waals surface area contributed by atoms with Gasteiger partial charge in [-0.25, -0.2) is 4.98 Å². The van der Waals surface area contributed by atoms with Crippen LogP contribution < -0.4 is 5.56 Å². The van der Waals surface area contributed by atoms with E-state index in [-0.39, 0.29) is 16.7 Å². The molecule has 0 radical (unpaired) electrons. The third-order valence-electron chi connectivity index (χ3n) is 1.18. The van der Waals surface area contributed by atoms with Gasteiger partial charge in [-0.15, -0.1) is 0 Å². The minimum absolute atomic E-state index is 0.0455. The van der Waals surface area contributed by atoms with E-state index in [0.29, 0.717) is 0 Å². The third kappa shape index (κ3) is 1.58. The molecule has 0 atom stereocenters. The van der Waals surface area contributed by atoms with Gasteiger partial charge in [0.1, 0.15) is 17.9 Å². The van der Waals surface area contributed by atoms with Crippen molar-refractivity contribution < 1.29 is 0 Å². The Hall–Kier alpha value is -1.05. The molecule has 0 bridgehead atoms. The average Bonchev–Trinajstić information content (AvgIpc) is 2.07. The lowest BCUT2D eigenvalue weighted by atomic mass is 10.6. The first kappa shape index (κ1) is 9.04. The summed E-state index contributed by atoms with van der Waals surface area (Å²) in [6.45, 7) is -0.0806. The van der Waals surface area contributed by atoms with Crippen LogP contribution in [0.1, 0.15) is 0 Å². The number of hydrogen-bond donors (Lipinski definition) is 0. The maximum atomic E-state index is 11.1. The first-order chi connectivity index (χ1) is 5.66. The molecular formula is C6H3Cl2N3O. The third-order valence-corrected chi connectivity index (χ3v) is 1.91. The molecule has 1 aromatic heterocycles. The molecule has 0 aliphatic heterocycles. The van der Waals surface area contributed by atoms with Crippen molar-refractivity contribution in [1.82, 2.24) is 9.55 Å². The molecule has 0 N–H and O–H groups in total. The van der Waals surface area contributed by atoms with Crippen LogP contribution in [0, 0.1) is 11.3 Å². The average molecular weight is 204 g/mol. The molecule has 0 aliphatic rings. The van der Waals surface area contributed by atoms with E-state index in [4.69, 9.17) is 28.5 Å². The summed E-state index contributed by atoms with van der Waals surface area (Å²) in [4.78, 5) is 14.7. The highest BCUT2D eigenvalue weighted by Crippen LogP contribution is 2.12. The highest BCUT2D eigenvalue weighted by molar-refractivity contribution is 6.40. The summed E-state index contributed by atoms with van der Waals surface area (Å²) in [5.74, 6) is 0. The number of rotatable bonds is 1. The SMILES string of the molecule is N#CCn1cnc(Cl)c(Cl)c1=O. The first-order valence-electron chi connectivity index (χ1n) is 2.94. The Morgan fingerprint density at radius 1 is 1.67 bits per heavy atom. The molecular weight excluding hydrogens is 201 g/mol. The van der Waals surface area contributed by atoms with Crippen LogP contribution in [0.3, 0.4) is 0 Å². The molecule has 1 heterocycles. The van der Waals surface area contributed by atoms with Gasteiger partial charge >= 0.3 is 0 Å². The second-order valence-electron chi connectivity index (χ2n) is 1.94. The molecule has 6 heteroatoms. The fraction of sp³-hybridized carbons (Fsp3) is 0.167. The van der Waals surface area contributed by atoms with E-state index in [9.17, 15) is 4.79 Å². The molecule has 0 unspecified atom stereocenters. The van der Waals surface area contributed by atoms with Gasteiger partial charge in [0.2, 0.25) is 0 Å². The molecule has 62 valence electrons. The fourth-order valence-corrected chi connectivity index (χ4v) is 0.914. The monoisotopic (exact) mass is 203 g/mol. The molecule has 0 amide bonds. The number of halogens is 2. The van der Waals surface area contributed by atoms with Crippen molar-refractivity contribution in [2.45, 2.75) is 6.54 Å². The summed E-state index contributed by atoms with van der Waals surface area (Å²) in [6, 6.07) is 1.79. The van der Waals surface area contributed by atoms with Crippen LogP contribution in [0.4, 0.5) is 0 Å². The predicted molar refractivity (Wildman–Crippen MR) is 44.1 cm³/mol. The van der Waals surface area contributed by atoms with Gasteiger partial charge in [-0.05, 0) is 0 Å². The Kier molecular flexibility index (Phi) is 2.69. The van der Waals surface area contributed by atoms with Crippen LogP contribution in [-0.4, -0.2) is 9.55 Å². The second kappa shape index (κ2) is 3.57. The van der Waals surface area contributed by atoms with Crippen LogP contribution in [0.15, 0.2) is 11.1 Å². The van der Waals surface area contributed by atoms with Gasteiger partial charge in [-0.2, -0.15) is 5.26 Å². The van der Waals surface area contributed by atoms with E-state index >= 15 is 0 Å². The Morgan fingerprint density at radius 2 is 2.33 bits per heavy atom. The highest BCUT2D eigenvalue weighted by Gasteiger charge is 2.05. The summed E-state index contributed by atoms with van der Waals surface area (Å²) in [5.41, 5.74) is -0.502. The van der Waals surface area contributed by atoms with Crippen molar-refractivity contribution in [2.75, 3.05) is 0 Å². The van der Waals surface area contributed by atoms with Gasteiger partial charge < -0.3 is 0 Å². The summed E-state index contributed by atoms with van der Waals surface area (Å²) >= 11 is 10.9. The van der Waals surface area contributed by atoms with Crippen LogP contribution >= 0.6 is 23.2 Å². The zero-order chi connectivity index (χ0) is 9.14. The number of hydrogen-bond acceptors (Lipinski definition) is 3. The maximum absolute atomic E-state index is 11.1. The van der Waals surface area contributed by atoms with Crippen molar-refractivity contribution in [3.63, 3.8) is 0 Å². The number of nitrogens with zero attached hydrogens (tertiary/aromatic N) is 3. The largest absolute Gasteiger partial charge is 0.284 e. The highest BCUT2D eigenvalue weighted by atomic mass is 35.5. The lowest BCUT2D eigenvalue weighted by Crippen LogP contribution is -2.20. The lowest BCUT2D eigenvalue weighted by molar-refractivity contribution is 0.762. The Labute approximate surface area is 78.0 Å². The molecule has 1 aromatic rings. The van der Waals surface area contributed by atoms with Crippen molar-refractivity contribution in [1.29, 1.82) is 5.26 Å². The van der Waals surface area contributed by atoms with Crippen LogP contribution in [-0.2, 0) is 6.54 Å². The molecule has 0 aromatic carbocycles. The van der Waals surface area contributed by atoms with Crippen molar-refractivity contribution in [2.24, 2.45) is 0 Å². The molecule has 4 nitrogen and oxygen atoms in total. The molecule has 0 saturated carbocycles. The van der Waals surface area contributed by atoms with E-state index in [0.717, 1.165) is 4.57 Å². The van der Waals surface area contributed by atoms with Gasteiger partial charge in [0, 0.05) is 0 Å². The standard InChI is InChI=1S/C6H3Cl2N3O/c7-4-5(8)10-3-11(2-1-9)6(4)12/h3H,2H2. The molecule has 0 fully saturated rings. The summed E-state index contributed by atoms with van der Waals surface area (Å²) in [6.07, 6.45) is 1.18. The van der Waals surface area contributed by atoms with E-state index in [1.807, 2.05) is 0 Å². The van der Waals surface area contributed by atoms with Gasteiger partial charge in [-0.3, -0.25) is 9.36 Å². The van der Waals surface area contributed by atoms with Crippen molar-refractivity contribution in [3.05, 3.63) is 26.9 Å².